The zero-order valence-electron chi connectivity index (χ0n) is 11.1. The van der Waals surface area contributed by atoms with Crippen molar-refractivity contribution in [3.63, 3.8) is 0 Å². The molecule has 1 aromatic carbocycles. The lowest BCUT2D eigenvalue weighted by Crippen LogP contribution is -2.16. The third-order valence-electron chi connectivity index (χ3n) is 3.98. The molecule has 0 aliphatic heterocycles. The van der Waals surface area contributed by atoms with E-state index < -0.39 is 0 Å². The summed E-state index contributed by atoms with van der Waals surface area (Å²) >= 11 is 0. The molecule has 1 aromatic rings. The maximum atomic E-state index is 6.19. The van der Waals surface area contributed by atoms with Crippen LogP contribution in [0.15, 0.2) is 12.1 Å². The van der Waals surface area contributed by atoms with E-state index >= 15 is 0 Å². The van der Waals surface area contributed by atoms with Crippen molar-refractivity contribution in [3.8, 4) is 5.75 Å². The fraction of sp³-hybridized carbons (Fsp3) is 0.600. The van der Waals surface area contributed by atoms with Gasteiger partial charge in [0.2, 0.25) is 0 Å². The number of hydrogen-bond donors (Lipinski definition) is 1. The monoisotopic (exact) mass is 233 g/mol. The Labute approximate surface area is 104 Å². The van der Waals surface area contributed by atoms with E-state index in [9.17, 15) is 0 Å². The average Bonchev–Trinajstić information content (AvgIpc) is 2.77. The summed E-state index contributed by atoms with van der Waals surface area (Å²) in [7, 11) is 0. The molecule has 1 saturated carbocycles. The Morgan fingerprint density at radius 1 is 1.18 bits per heavy atom. The Balaban J connectivity index is 2.11. The smallest absolute Gasteiger partial charge is 0.125 e. The SMILES string of the molecule is Cc1ccc(C)c(OC2CCC(CN)C2)c1C. The standard InChI is InChI=1S/C15H23NO/c1-10-4-5-11(2)15(12(10)3)17-14-7-6-13(8-14)9-16/h4-5,13-14H,6-9,16H2,1-3H3. The van der Waals surface area contributed by atoms with Crippen LogP contribution in [0.25, 0.3) is 0 Å². The first-order valence-corrected chi connectivity index (χ1v) is 6.55. The predicted molar refractivity (Wildman–Crippen MR) is 71.5 cm³/mol. The molecule has 2 unspecified atom stereocenters. The lowest BCUT2D eigenvalue weighted by atomic mass is 10.0. The first-order chi connectivity index (χ1) is 8.11. The lowest BCUT2D eigenvalue weighted by Gasteiger charge is -2.19. The molecule has 2 heteroatoms. The summed E-state index contributed by atoms with van der Waals surface area (Å²) in [6, 6.07) is 4.31. The van der Waals surface area contributed by atoms with Crippen molar-refractivity contribution in [2.24, 2.45) is 11.7 Å². The number of ether oxygens (including phenoxy) is 1. The van der Waals surface area contributed by atoms with Crippen LogP contribution >= 0.6 is 0 Å². The van der Waals surface area contributed by atoms with Gasteiger partial charge in [-0.05, 0) is 69.2 Å². The molecule has 0 aromatic heterocycles. The van der Waals surface area contributed by atoms with Crippen molar-refractivity contribution in [1.82, 2.24) is 0 Å². The summed E-state index contributed by atoms with van der Waals surface area (Å²) in [6.07, 6.45) is 3.84. The highest BCUT2D eigenvalue weighted by Crippen LogP contribution is 2.32. The van der Waals surface area contributed by atoms with Crippen molar-refractivity contribution in [3.05, 3.63) is 28.8 Å². The second-order valence-corrected chi connectivity index (χ2v) is 5.31. The zero-order valence-corrected chi connectivity index (χ0v) is 11.1. The Hall–Kier alpha value is -1.02. The molecule has 0 heterocycles. The molecule has 2 atom stereocenters. The van der Waals surface area contributed by atoms with E-state index in [1.54, 1.807) is 0 Å². The Morgan fingerprint density at radius 3 is 2.53 bits per heavy atom. The highest BCUT2D eigenvalue weighted by Gasteiger charge is 2.25. The summed E-state index contributed by atoms with van der Waals surface area (Å²) < 4.78 is 6.19. The number of aryl methyl sites for hydroxylation is 2. The zero-order chi connectivity index (χ0) is 12.4. The van der Waals surface area contributed by atoms with Gasteiger partial charge in [0.1, 0.15) is 5.75 Å². The van der Waals surface area contributed by atoms with Gasteiger partial charge in [0.15, 0.2) is 0 Å². The number of hydrogen-bond acceptors (Lipinski definition) is 2. The summed E-state index contributed by atoms with van der Waals surface area (Å²) in [6.45, 7) is 7.20. The van der Waals surface area contributed by atoms with Gasteiger partial charge in [0.05, 0.1) is 6.10 Å². The molecule has 0 saturated heterocycles. The Kier molecular flexibility index (Phi) is 3.72. The van der Waals surface area contributed by atoms with Crippen molar-refractivity contribution >= 4 is 0 Å². The molecule has 0 spiro atoms. The highest BCUT2D eigenvalue weighted by atomic mass is 16.5. The van der Waals surface area contributed by atoms with Gasteiger partial charge in [-0.2, -0.15) is 0 Å². The second-order valence-electron chi connectivity index (χ2n) is 5.31. The summed E-state index contributed by atoms with van der Waals surface area (Å²) in [4.78, 5) is 0. The first kappa shape index (κ1) is 12.4. The van der Waals surface area contributed by atoms with Crippen LogP contribution in [0, 0.1) is 26.7 Å². The van der Waals surface area contributed by atoms with Crippen molar-refractivity contribution in [1.29, 1.82) is 0 Å². The topological polar surface area (TPSA) is 35.2 Å². The Morgan fingerprint density at radius 2 is 1.88 bits per heavy atom. The molecule has 1 fully saturated rings. The van der Waals surface area contributed by atoms with E-state index in [1.807, 2.05) is 0 Å². The minimum Gasteiger partial charge on any atom is -0.490 e. The molecular formula is C15H23NO. The third-order valence-corrected chi connectivity index (χ3v) is 3.98. The van der Waals surface area contributed by atoms with E-state index in [1.165, 1.54) is 23.1 Å². The largest absolute Gasteiger partial charge is 0.490 e. The number of rotatable bonds is 3. The molecule has 2 nitrogen and oxygen atoms in total. The van der Waals surface area contributed by atoms with Gasteiger partial charge in [-0.15, -0.1) is 0 Å². The van der Waals surface area contributed by atoms with Gasteiger partial charge in [-0.25, -0.2) is 0 Å². The van der Waals surface area contributed by atoms with Crippen LogP contribution < -0.4 is 10.5 Å². The van der Waals surface area contributed by atoms with Crippen LogP contribution in [0.4, 0.5) is 0 Å². The molecule has 0 amide bonds. The van der Waals surface area contributed by atoms with Crippen LogP contribution in [0.2, 0.25) is 0 Å². The molecule has 94 valence electrons. The van der Waals surface area contributed by atoms with Gasteiger partial charge in [0.25, 0.3) is 0 Å². The normalized spacial score (nSPS) is 24.0. The summed E-state index contributed by atoms with van der Waals surface area (Å²) in [5, 5.41) is 0. The lowest BCUT2D eigenvalue weighted by molar-refractivity contribution is 0.202. The maximum absolute atomic E-state index is 6.19. The molecule has 0 radical (unpaired) electrons. The molecule has 0 bridgehead atoms. The van der Waals surface area contributed by atoms with E-state index in [-0.39, 0.29) is 0 Å². The third kappa shape index (κ3) is 2.63. The maximum Gasteiger partial charge on any atom is 0.125 e. The van der Waals surface area contributed by atoms with Crippen LogP contribution in [0.5, 0.6) is 5.75 Å². The van der Waals surface area contributed by atoms with E-state index in [2.05, 4.69) is 32.9 Å². The summed E-state index contributed by atoms with van der Waals surface area (Å²) in [5.41, 5.74) is 9.54. The molecule has 1 aliphatic carbocycles. The number of benzene rings is 1. The minimum atomic E-state index is 0.364. The molecular weight excluding hydrogens is 210 g/mol. The van der Waals surface area contributed by atoms with Crippen LogP contribution in [-0.2, 0) is 0 Å². The van der Waals surface area contributed by atoms with E-state index in [4.69, 9.17) is 10.5 Å². The average molecular weight is 233 g/mol. The molecule has 1 aliphatic rings. The predicted octanol–water partition coefficient (Wildman–Crippen LogP) is 3.12. The van der Waals surface area contributed by atoms with Crippen LogP contribution in [0.1, 0.15) is 36.0 Å². The minimum absolute atomic E-state index is 0.364. The van der Waals surface area contributed by atoms with Gasteiger partial charge < -0.3 is 10.5 Å². The molecule has 2 N–H and O–H groups in total. The first-order valence-electron chi connectivity index (χ1n) is 6.55. The molecule has 17 heavy (non-hydrogen) atoms. The Bertz CT molecular complexity index is 400. The quantitative estimate of drug-likeness (QED) is 0.870. The fourth-order valence-corrected chi connectivity index (χ4v) is 2.62. The van der Waals surface area contributed by atoms with Crippen LogP contribution in [-0.4, -0.2) is 12.6 Å². The number of nitrogens with two attached hydrogens (primary N) is 1. The van der Waals surface area contributed by atoms with Crippen molar-refractivity contribution in [2.45, 2.75) is 46.1 Å². The van der Waals surface area contributed by atoms with Gasteiger partial charge in [-0.1, -0.05) is 12.1 Å². The highest BCUT2D eigenvalue weighted by molar-refractivity contribution is 5.44. The van der Waals surface area contributed by atoms with E-state index in [0.29, 0.717) is 12.0 Å². The van der Waals surface area contributed by atoms with Gasteiger partial charge in [0, 0.05) is 0 Å². The van der Waals surface area contributed by atoms with Gasteiger partial charge in [-0.3, -0.25) is 0 Å². The molecule has 2 rings (SSSR count). The van der Waals surface area contributed by atoms with Crippen molar-refractivity contribution in [2.75, 3.05) is 6.54 Å². The fourth-order valence-electron chi connectivity index (χ4n) is 2.62. The van der Waals surface area contributed by atoms with Crippen molar-refractivity contribution < 1.29 is 4.74 Å². The summed E-state index contributed by atoms with van der Waals surface area (Å²) in [5.74, 6) is 1.75. The van der Waals surface area contributed by atoms with Crippen LogP contribution in [0.3, 0.4) is 0 Å². The second kappa shape index (κ2) is 5.09. The van der Waals surface area contributed by atoms with E-state index in [0.717, 1.165) is 25.1 Å². The van der Waals surface area contributed by atoms with Gasteiger partial charge >= 0.3 is 0 Å².